The summed E-state index contributed by atoms with van der Waals surface area (Å²) >= 11 is 0. The van der Waals surface area contributed by atoms with Crippen LogP contribution in [0.2, 0.25) is 0 Å². The lowest BCUT2D eigenvalue weighted by Gasteiger charge is -2.33. The Morgan fingerprint density at radius 2 is 2.10 bits per heavy atom. The Morgan fingerprint density at radius 1 is 1.20 bits per heavy atom. The van der Waals surface area contributed by atoms with Crippen molar-refractivity contribution in [3.05, 3.63) is 30.1 Å². The fourth-order valence-electron chi connectivity index (χ4n) is 4.16. The molecule has 1 aliphatic carbocycles. The zero-order valence-corrected chi connectivity index (χ0v) is 12.2. The predicted molar refractivity (Wildman–Crippen MR) is 81.7 cm³/mol. The van der Waals surface area contributed by atoms with Crippen LogP contribution >= 0.6 is 0 Å². The van der Waals surface area contributed by atoms with Crippen LogP contribution in [-0.2, 0) is 13.5 Å². The molecule has 3 heteroatoms. The number of hydrogen-bond donors (Lipinski definition) is 1. The van der Waals surface area contributed by atoms with Crippen molar-refractivity contribution in [2.75, 3.05) is 0 Å². The van der Waals surface area contributed by atoms with Crippen LogP contribution in [0, 0.1) is 5.92 Å². The molecule has 0 bridgehead atoms. The summed E-state index contributed by atoms with van der Waals surface area (Å²) in [6.45, 7) is 0. The zero-order valence-electron chi connectivity index (χ0n) is 12.2. The van der Waals surface area contributed by atoms with E-state index in [-0.39, 0.29) is 0 Å². The fourth-order valence-corrected chi connectivity index (χ4v) is 4.16. The maximum atomic E-state index is 4.81. The first-order valence-corrected chi connectivity index (χ1v) is 7.97. The molecule has 106 valence electrons. The van der Waals surface area contributed by atoms with Crippen LogP contribution in [0.3, 0.4) is 0 Å². The number of aryl methyl sites for hydroxylation is 1. The number of hydrogen-bond acceptors (Lipinski definition) is 2. The van der Waals surface area contributed by atoms with E-state index in [9.17, 15) is 0 Å². The summed E-state index contributed by atoms with van der Waals surface area (Å²) in [4.78, 5) is 4.81. The molecule has 2 aliphatic rings. The Bertz CT molecular complexity index is 616. The minimum Gasteiger partial charge on any atom is -0.331 e. The van der Waals surface area contributed by atoms with Gasteiger partial charge in [-0.25, -0.2) is 4.98 Å². The van der Waals surface area contributed by atoms with Gasteiger partial charge in [-0.05, 0) is 43.7 Å². The topological polar surface area (TPSA) is 29.9 Å². The fraction of sp³-hybridized carbons (Fsp3) is 0.588. The summed E-state index contributed by atoms with van der Waals surface area (Å²) in [5.74, 6) is 2.17. The third kappa shape index (κ3) is 2.05. The van der Waals surface area contributed by atoms with Crippen LogP contribution in [0.5, 0.6) is 0 Å². The van der Waals surface area contributed by atoms with E-state index < -0.39 is 0 Å². The molecule has 0 radical (unpaired) electrons. The lowest BCUT2D eigenvalue weighted by atomic mass is 9.88. The third-order valence-electron chi connectivity index (χ3n) is 5.30. The molecule has 0 amide bonds. The van der Waals surface area contributed by atoms with Gasteiger partial charge >= 0.3 is 0 Å². The molecule has 3 atom stereocenters. The van der Waals surface area contributed by atoms with Gasteiger partial charge in [0.15, 0.2) is 0 Å². The maximum Gasteiger partial charge on any atom is 0.111 e. The largest absolute Gasteiger partial charge is 0.331 e. The quantitative estimate of drug-likeness (QED) is 0.908. The molecule has 0 spiro atoms. The number of aromatic nitrogens is 2. The molecule has 1 saturated heterocycles. The van der Waals surface area contributed by atoms with Crippen molar-refractivity contribution in [1.82, 2.24) is 14.9 Å². The number of nitrogens with one attached hydrogen (secondary N) is 1. The Labute approximate surface area is 120 Å². The third-order valence-corrected chi connectivity index (χ3v) is 5.30. The molecule has 1 N–H and O–H groups in total. The van der Waals surface area contributed by atoms with E-state index in [0.29, 0.717) is 6.04 Å². The molecule has 1 aliphatic heterocycles. The van der Waals surface area contributed by atoms with Crippen molar-refractivity contribution in [3.63, 3.8) is 0 Å². The van der Waals surface area contributed by atoms with Crippen molar-refractivity contribution < 1.29 is 0 Å². The predicted octanol–water partition coefficient (Wildman–Crippen LogP) is 3.04. The van der Waals surface area contributed by atoms with Crippen LogP contribution in [0.4, 0.5) is 0 Å². The highest BCUT2D eigenvalue weighted by atomic mass is 15.1. The van der Waals surface area contributed by atoms with Crippen LogP contribution in [0.15, 0.2) is 24.3 Å². The van der Waals surface area contributed by atoms with Gasteiger partial charge in [-0.1, -0.05) is 18.6 Å². The SMILES string of the molecule is Cn1c(CC2CCC3CCCC3N2)nc2ccccc21. The molecule has 2 fully saturated rings. The molecule has 3 nitrogen and oxygen atoms in total. The summed E-state index contributed by atoms with van der Waals surface area (Å²) in [7, 11) is 2.14. The molecular weight excluding hydrogens is 246 g/mol. The normalized spacial score (nSPS) is 29.8. The van der Waals surface area contributed by atoms with Crippen molar-refractivity contribution >= 4 is 11.0 Å². The Hall–Kier alpha value is -1.35. The number of rotatable bonds is 2. The van der Waals surface area contributed by atoms with Crippen molar-refractivity contribution in [2.24, 2.45) is 13.0 Å². The molecule has 1 saturated carbocycles. The highest BCUT2D eigenvalue weighted by molar-refractivity contribution is 5.75. The summed E-state index contributed by atoms with van der Waals surface area (Å²) in [6.07, 6.45) is 8.02. The van der Waals surface area contributed by atoms with Gasteiger partial charge < -0.3 is 9.88 Å². The Morgan fingerprint density at radius 3 is 3.00 bits per heavy atom. The van der Waals surface area contributed by atoms with Crippen molar-refractivity contribution in [2.45, 2.75) is 50.6 Å². The van der Waals surface area contributed by atoms with Gasteiger partial charge in [-0.15, -0.1) is 0 Å². The smallest absolute Gasteiger partial charge is 0.111 e. The molecule has 3 unspecified atom stereocenters. The highest BCUT2D eigenvalue weighted by Gasteiger charge is 2.33. The standard InChI is InChI=1S/C17H23N3/c1-20-16-8-3-2-6-15(16)19-17(20)11-13-10-9-12-5-4-7-14(12)18-13/h2-3,6,8,12-14,18H,4-5,7,9-11H2,1H3. The molecule has 4 rings (SSSR count). The molecule has 1 aromatic carbocycles. The average Bonchev–Trinajstić information content (AvgIpc) is 3.05. The minimum absolute atomic E-state index is 0.616. The summed E-state index contributed by atoms with van der Waals surface area (Å²) in [6, 6.07) is 9.83. The van der Waals surface area contributed by atoms with E-state index in [1.807, 2.05) is 0 Å². The first-order valence-electron chi connectivity index (χ1n) is 7.97. The Kier molecular flexibility index (Phi) is 3.03. The first-order chi connectivity index (χ1) is 9.81. The summed E-state index contributed by atoms with van der Waals surface area (Å²) < 4.78 is 2.26. The van der Waals surface area contributed by atoms with Gasteiger partial charge in [-0.3, -0.25) is 0 Å². The van der Waals surface area contributed by atoms with Gasteiger partial charge in [-0.2, -0.15) is 0 Å². The van der Waals surface area contributed by atoms with Crippen LogP contribution in [0.1, 0.15) is 37.9 Å². The van der Waals surface area contributed by atoms with Crippen LogP contribution < -0.4 is 5.32 Å². The van der Waals surface area contributed by atoms with Gasteiger partial charge in [0, 0.05) is 25.6 Å². The lowest BCUT2D eigenvalue weighted by Crippen LogP contribution is -2.46. The number of piperidine rings is 1. The molecule has 1 aromatic heterocycles. The van der Waals surface area contributed by atoms with Crippen LogP contribution in [0.25, 0.3) is 11.0 Å². The van der Waals surface area contributed by atoms with Gasteiger partial charge in [0.1, 0.15) is 5.82 Å². The van der Waals surface area contributed by atoms with Gasteiger partial charge in [0.2, 0.25) is 0 Å². The van der Waals surface area contributed by atoms with Crippen molar-refractivity contribution in [1.29, 1.82) is 0 Å². The highest BCUT2D eigenvalue weighted by Crippen LogP contribution is 2.34. The lowest BCUT2D eigenvalue weighted by molar-refractivity contribution is 0.255. The number of imidazole rings is 1. The molecule has 2 aromatic rings. The number of benzene rings is 1. The Balaban J connectivity index is 1.54. The molecular formula is C17H23N3. The van der Waals surface area contributed by atoms with E-state index in [4.69, 9.17) is 4.98 Å². The van der Waals surface area contributed by atoms with E-state index >= 15 is 0 Å². The van der Waals surface area contributed by atoms with Gasteiger partial charge in [0.25, 0.3) is 0 Å². The summed E-state index contributed by atoms with van der Waals surface area (Å²) in [5, 5.41) is 3.88. The molecule has 2 heterocycles. The second-order valence-electron chi connectivity index (χ2n) is 6.52. The van der Waals surface area contributed by atoms with Crippen molar-refractivity contribution in [3.8, 4) is 0 Å². The summed E-state index contributed by atoms with van der Waals surface area (Å²) in [5.41, 5.74) is 2.37. The van der Waals surface area contributed by atoms with E-state index in [1.54, 1.807) is 0 Å². The number of para-hydroxylation sites is 2. The second kappa shape index (κ2) is 4.88. The monoisotopic (exact) mass is 269 g/mol. The van der Waals surface area contributed by atoms with Gasteiger partial charge in [0.05, 0.1) is 11.0 Å². The first kappa shape index (κ1) is 12.4. The zero-order chi connectivity index (χ0) is 13.5. The molecule has 20 heavy (non-hydrogen) atoms. The second-order valence-corrected chi connectivity index (χ2v) is 6.52. The average molecular weight is 269 g/mol. The van der Waals surface area contributed by atoms with Crippen LogP contribution in [-0.4, -0.2) is 21.6 Å². The van der Waals surface area contributed by atoms with E-state index in [1.165, 1.54) is 43.4 Å². The number of nitrogens with zero attached hydrogens (tertiary/aromatic N) is 2. The maximum absolute atomic E-state index is 4.81. The minimum atomic E-state index is 0.616. The number of fused-ring (bicyclic) bond motifs is 2. The van der Waals surface area contributed by atoms with E-state index in [2.05, 4.69) is 41.2 Å². The van der Waals surface area contributed by atoms with E-state index in [0.717, 1.165) is 23.9 Å².